The molecule has 0 fully saturated rings. The Hall–Kier alpha value is -2.41. The number of aromatic nitrogens is 3. The summed E-state index contributed by atoms with van der Waals surface area (Å²) in [5, 5.41) is 6.90. The maximum atomic E-state index is 11.9. The minimum atomic E-state index is -0.448. The van der Waals surface area contributed by atoms with Crippen LogP contribution in [-0.2, 0) is 27.1 Å². The highest BCUT2D eigenvalue weighted by molar-refractivity contribution is 5.32. The molecule has 0 aliphatic rings. The zero-order valence-corrected chi connectivity index (χ0v) is 12.2. The first-order valence-electron chi connectivity index (χ1n) is 6.69. The minimum absolute atomic E-state index is 0.158. The lowest BCUT2D eigenvalue weighted by atomic mass is 10.1. The smallest absolute Gasteiger partial charge is 0.346 e. The highest BCUT2D eigenvalue weighted by Crippen LogP contribution is 2.06. The molecule has 0 amide bonds. The van der Waals surface area contributed by atoms with Gasteiger partial charge in [0.05, 0.1) is 0 Å². The SMILES string of the molecule is Cn1nc(NCc2ccc(CCN)cc2)c(=O)n(C)c1=O. The van der Waals surface area contributed by atoms with Crippen molar-refractivity contribution in [3.8, 4) is 0 Å². The molecule has 0 atom stereocenters. The second-order valence-electron chi connectivity index (χ2n) is 4.83. The zero-order valence-electron chi connectivity index (χ0n) is 12.2. The Morgan fingerprint density at radius 1 is 1.14 bits per heavy atom. The second-order valence-corrected chi connectivity index (χ2v) is 4.83. The van der Waals surface area contributed by atoms with Crippen molar-refractivity contribution in [3.63, 3.8) is 0 Å². The molecule has 7 heteroatoms. The fourth-order valence-electron chi connectivity index (χ4n) is 1.99. The highest BCUT2D eigenvalue weighted by atomic mass is 16.2. The molecule has 2 rings (SSSR count). The normalized spacial score (nSPS) is 10.6. The molecule has 2 aromatic rings. The molecule has 0 saturated carbocycles. The summed E-state index contributed by atoms with van der Waals surface area (Å²) < 4.78 is 2.16. The first-order chi connectivity index (χ1) is 10.0. The Balaban J connectivity index is 2.13. The van der Waals surface area contributed by atoms with E-state index in [0.29, 0.717) is 13.1 Å². The number of anilines is 1. The summed E-state index contributed by atoms with van der Waals surface area (Å²) in [7, 11) is 2.94. The van der Waals surface area contributed by atoms with Crippen LogP contribution in [0.1, 0.15) is 11.1 Å². The number of nitrogens with one attached hydrogen (secondary N) is 1. The van der Waals surface area contributed by atoms with Crippen LogP contribution in [0, 0.1) is 0 Å². The molecule has 0 radical (unpaired) electrons. The van der Waals surface area contributed by atoms with Crippen LogP contribution < -0.4 is 22.3 Å². The maximum Gasteiger partial charge on any atom is 0.346 e. The average molecular weight is 289 g/mol. The lowest BCUT2D eigenvalue weighted by Gasteiger charge is -2.08. The van der Waals surface area contributed by atoms with E-state index in [2.05, 4.69) is 10.4 Å². The summed E-state index contributed by atoms with van der Waals surface area (Å²) in [5.41, 5.74) is 6.82. The van der Waals surface area contributed by atoms with Gasteiger partial charge in [-0.05, 0) is 24.1 Å². The first-order valence-corrected chi connectivity index (χ1v) is 6.69. The third kappa shape index (κ3) is 3.38. The van der Waals surface area contributed by atoms with Crippen LogP contribution in [0.4, 0.5) is 5.82 Å². The van der Waals surface area contributed by atoms with Gasteiger partial charge >= 0.3 is 5.69 Å². The predicted molar refractivity (Wildman–Crippen MR) is 81.2 cm³/mol. The molecule has 3 N–H and O–H groups in total. The third-order valence-electron chi connectivity index (χ3n) is 3.24. The van der Waals surface area contributed by atoms with E-state index in [1.54, 1.807) is 0 Å². The summed E-state index contributed by atoms with van der Waals surface area (Å²) in [6.07, 6.45) is 0.844. The fourth-order valence-corrected chi connectivity index (χ4v) is 1.99. The van der Waals surface area contributed by atoms with E-state index < -0.39 is 11.2 Å². The molecule has 0 saturated heterocycles. The summed E-state index contributed by atoms with van der Waals surface area (Å²) >= 11 is 0. The van der Waals surface area contributed by atoms with Gasteiger partial charge in [0.1, 0.15) is 0 Å². The van der Waals surface area contributed by atoms with Crippen molar-refractivity contribution in [2.24, 2.45) is 19.8 Å². The van der Waals surface area contributed by atoms with Gasteiger partial charge < -0.3 is 11.1 Å². The number of aryl methyl sites for hydroxylation is 1. The van der Waals surface area contributed by atoms with Crippen LogP contribution in [0.2, 0.25) is 0 Å². The number of nitrogens with zero attached hydrogens (tertiary/aromatic N) is 3. The molecule has 0 unspecified atom stereocenters. The van der Waals surface area contributed by atoms with E-state index in [1.165, 1.54) is 19.7 Å². The summed E-state index contributed by atoms with van der Waals surface area (Å²) in [6.45, 7) is 1.08. The Bertz CT molecular complexity index is 731. The Kier molecular flexibility index (Phi) is 4.54. The van der Waals surface area contributed by atoms with Gasteiger partial charge in [-0.1, -0.05) is 24.3 Å². The van der Waals surface area contributed by atoms with E-state index >= 15 is 0 Å². The zero-order chi connectivity index (χ0) is 15.4. The minimum Gasteiger partial charge on any atom is -0.360 e. The van der Waals surface area contributed by atoms with Gasteiger partial charge in [0.15, 0.2) is 0 Å². The van der Waals surface area contributed by atoms with Crippen molar-refractivity contribution in [1.29, 1.82) is 0 Å². The lowest BCUT2D eigenvalue weighted by Crippen LogP contribution is -2.39. The molecule has 1 aromatic heterocycles. The van der Waals surface area contributed by atoms with Crippen molar-refractivity contribution < 1.29 is 0 Å². The van der Waals surface area contributed by atoms with Gasteiger partial charge in [0.2, 0.25) is 5.82 Å². The monoisotopic (exact) mass is 289 g/mol. The van der Waals surface area contributed by atoms with Crippen molar-refractivity contribution in [2.75, 3.05) is 11.9 Å². The quantitative estimate of drug-likeness (QED) is 0.780. The maximum absolute atomic E-state index is 11.9. The van der Waals surface area contributed by atoms with Gasteiger partial charge in [0, 0.05) is 20.6 Å². The standard InChI is InChI=1S/C14H19N5O2/c1-18-13(20)12(17-19(2)14(18)21)16-9-11-5-3-10(4-6-11)7-8-15/h3-6H,7-9,15H2,1-2H3,(H,16,17). The van der Waals surface area contributed by atoms with Gasteiger partial charge in [0.25, 0.3) is 5.56 Å². The van der Waals surface area contributed by atoms with E-state index in [0.717, 1.165) is 21.2 Å². The number of hydrogen-bond acceptors (Lipinski definition) is 5. The van der Waals surface area contributed by atoms with Crippen LogP contribution >= 0.6 is 0 Å². The highest BCUT2D eigenvalue weighted by Gasteiger charge is 2.07. The van der Waals surface area contributed by atoms with Crippen molar-refractivity contribution in [3.05, 3.63) is 56.2 Å². The van der Waals surface area contributed by atoms with Crippen LogP contribution in [0.15, 0.2) is 33.9 Å². The van der Waals surface area contributed by atoms with Crippen LogP contribution in [0.3, 0.4) is 0 Å². The summed E-state index contributed by atoms with van der Waals surface area (Å²) in [5.74, 6) is 0.158. The molecule has 0 spiro atoms. The fraction of sp³-hybridized carbons (Fsp3) is 0.357. The van der Waals surface area contributed by atoms with Crippen LogP contribution in [0.5, 0.6) is 0 Å². The van der Waals surface area contributed by atoms with E-state index in [9.17, 15) is 9.59 Å². The predicted octanol–water partition coefficient (Wildman–Crippen LogP) is -0.408. The largest absolute Gasteiger partial charge is 0.360 e. The van der Waals surface area contributed by atoms with E-state index in [-0.39, 0.29) is 5.82 Å². The number of rotatable bonds is 5. The Morgan fingerprint density at radius 2 is 1.76 bits per heavy atom. The molecular formula is C14H19N5O2. The van der Waals surface area contributed by atoms with Crippen LogP contribution in [-0.4, -0.2) is 20.9 Å². The van der Waals surface area contributed by atoms with Gasteiger partial charge in [-0.3, -0.25) is 9.36 Å². The van der Waals surface area contributed by atoms with Crippen molar-refractivity contribution >= 4 is 5.82 Å². The first kappa shape index (κ1) is 15.0. The molecule has 112 valence electrons. The Labute approximate surface area is 122 Å². The average Bonchev–Trinajstić information content (AvgIpc) is 2.49. The third-order valence-corrected chi connectivity index (χ3v) is 3.24. The van der Waals surface area contributed by atoms with E-state index in [1.807, 2.05) is 24.3 Å². The van der Waals surface area contributed by atoms with Gasteiger partial charge in [-0.25, -0.2) is 9.48 Å². The molecule has 1 heterocycles. The number of hydrogen-bond donors (Lipinski definition) is 2. The number of nitrogens with two attached hydrogens (primary N) is 1. The second kappa shape index (κ2) is 6.36. The van der Waals surface area contributed by atoms with Gasteiger partial charge in [-0.2, -0.15) is 0 Å². The molecule has 7 nitrogen and oxygen atoms in total. The van der Waals surface area contributed by atoms with Crippen molar-refractivity contribution in [1.82, 2.24) is 14.3 Å². The van der Waals surface area contributed by atoms with E-state index in [4.69, 9.17) is 5.73 Å². The molecule has 21 heavy (non-hydrogen) atoms. The molecular weight excluding hydrogens is 270 g/mol. The Morgan fingerprint density at radius 3 is 2.38 bits per heavy atom. The molecule has 0 aliphatic carbocycles. The molecule has 0 bridgehead atoms. The summed E-state index contributed by atoms with van der Waals surface area (Å²) in [6, 6.07) is 7.97. The lowest BCUT2D eigenvalue weighted by molar-refractivity contribution is 0.604. The molecule has 1 aromatic carbocycles. The van der Waals surface area contributed by atoms with Crippen molar-refractivity contribution in [2.45, 2.75) is 13.0 Å². The molecule has 0 aliphatic heterocycles. The number of benzene rings is 1. The van der Waals surface area contributed by atoms with Gasteiger partial charge in [-0.15, -0.1) is 5.10 Å². The summed E-state index contributed by atoms with van der Waals surface area (Å²) in [4.78, 5) is 23.5. The van der Waals surface area contributed by atoms with Crippen LogP contribution in [0.25, 0.3) is 0 Å². The topological polar surface area (TPSA) is 94.9 Å².